The van der Waals surface area contributed by atoms with Crippen molar-refractivity contribution in [3.05, 3.63) is 42.2 Å². The van der Waals surface area contributed by atoms with Crippen molar-refractivity contribution in [3.63, 3.8) is 0 Å². The van der Waals surface area contributed by atoms with Gasteiger partial charge >= 0.3 is 0 Å². The Hall–Kier alpha value is -3.35. The SMILES string of the molecule is CNc1nc2[nH]c(-c3cccc(CNC(=O)CC(C)(C)C)c3)cc2c2c1ncn2C. The molecule has 3 aromatic heterocycles. The highest BCUT2D eigenvalue weighted by Gasteiger charge is 2.17. The fourth-order valence-electron chi connectivity index (χ4n) is 3.72. The van der Waals surface area contributed by atoms with Gasteiger partial charge in [-0.2, -0.15) is 0 Å². The molecule has 156 valence electrons. The van der Waals surface area contributed by atoms with E-state index in [0.717, 1.165) is 44.7 Å². The number of imidazole rings is 1. The fraction of sp³-hybridized carbons (Fsp3) is 0.348. The second-order valence-electron chi connectivity index (χ2n) is 8.92. The average Bonchev–Trinajstić information content (AvgIpc) is 3.28. The van der Waals surface area contributed by atoms with Crippen molar-refractivity contribution in [2.75, 3.05) is 12.4 Å². The van der Waals surface area contributed by atoms with Crippen LogP contribution in [0.4, 0.5) is 5.82 Å². The number of amides is 1. The molecule has 0 spiro atoms. The van der Waals surface area contributed by atoms with Crippen molar-refractivity contribution < 1.29 is 4.79 Å². The number of nitrogens with zero attached hydrogens (tertiary/aromatic N) is 3. The van der Waals surface area contributed by atoms with Gasteiger partial charge < -0.3 is 20.2 Å². The van der Waals surface area contributed by atoms with Crippen molar-refractivity contribution >= 4 is 33.8 Å². The van der Waals surface area contributed by atoms with Crippen molar-refractivity contribution in [1.82, 2.24) is 24.8 Å². The number of aromatic nitrogens is 4. The van der Waals surface area contributed by atoms with E-state index in [2.05, 4.69) is 59.6 Å². The number of pyridine rings is 1. The van der Waals surface area contributed by atoms with Crippen molar-refractivity contribution in [3.8, 4) is 11.3 Å². The summed E-state index contributed by atoms with van der Waals surface area (Å²) in [5, 5.41) is 7.18. The molecule has 0 saturated carbocycles. The molecule has 30 heavy (non-hydrogen) atoms. The Balaban J connectivity index is 1.65. The number of rotatable bonds is 5. The molecule has 7 heteroatoms. The number of benzene rings is 1. The van der Waals surface area contributed by atoms with E-state index in [4.69, 9.17) is 4.98 Å². The minimum Gasteiger partial charge on any atom is -0.371 e. The van der Waals surface area contributed by atoms with E-state index >= 15 is 0 Å². The molecule has 3 heterocycles. The lowest BCUT2D eigenvalue weighted by molar-refractivity contribution is -0.122. The van der Waals surface area contributed by atoms with E-state index in [0.29, 0.717) is 13.0 Å². The zero-order chi connectivity index (χ0) is 21.5. The molecular weight excluding hydrogens is 376 g/mol. The van der Waals surface area contributed by atoms with E-state index in [9.17, 15) is 4.79 Å². The lowest BCUT2D eigenvalue weighted by atomic mass is 9.92. The molecule has 0 unspecified atom stereocenters. The minimum absolute atomic E-state index is 0.0212. The summed E-state index contributed by atoms with van der Waals surface area (Å²) < 4.78 is 2.01. The summed E-state index contributed by atoms with van der Waals surface area (Å²) in [5.41, 5.74) is 5.78. The standard InChI is InChI=1S/C23H28N6O/c1-23(2,3)11-18(30)25-12-14-7-6-8-15(9-14)17-10-16-20-19(26-13-29(20)5)22(24-4)28-21(16)27-17/h6-10,13H,11-12H2,1-5H3,(H,25,30)(H2,24,27,28). The highest BCUT2D eigenvalue weighted by atomic mass is 16.1. The van der Waals surface area contributed by atoms with Crippen molar-refractivity contribution in [2.45, 2.75) is 33.7 Å². The monoisotopic (exact) mass is 404 g/mol. The van der Waals surface area contributed by atoms with Gasteiger partial charge in [-0.25, -0.2) is 9.97 Å². The summed E-state index contributed by atoms with van der Waals surface area (Å²) in [7, 11) is 3.84. The Kier molecular flexibility index (Phi) is 4.97. The number of carbonyl (C=O) groups is 1. The van der Waals surface area contributed by atoms with Crippen LogP contribution in [0.25, 0.3) is 33.3 Å². The Morgan fingerprint density at radius 3 is 2.77 bits per heavy atom. The Morgan fingerprint density at radius 1 is 1.23 bits per heavy atom. The molecule has 4 aromatic rings. The third kappa shape index (κ3) is 3.87. The number of fused-ring (bicyclic) bond motifs is 3. The van der Waals surface area contributed by atoms with E-state index in [1.807, 2.05) is 30.8 Å². The molecule has 0 aliphatic rings. The van der Waals surface area contributed by atoms with Crippen LogP contribution >= 0.6 is 0 Å². The number of aryl methyl sites for hydroxylation is 1. The molecular formula is C23H28N6O. The predicted octanol–water partition coefficient (Wildman–Crippen LogP) is 4.21. The van der Waals surface area contributed by atoms with Gasteiger partial charge in [-0.05, 0) is 28.7 Å². The number of anilines is 1. The molecule has 4 rings (SSSR count). The second-order valence-corrected chi connectivity index (χ2v) is 8.92. The summed E-state index contributed by atoms with van der Waals surface area (Å²) in [6.07, 6.45) is 2.31. The molecule has 0 fully saturated rings. The first kappa shape index (κ1) is 19.9. The van der Waals surface area contributed by atoms with Gasteiger partial charge in [-0.3, -0.25) is 4.79 Å². The van der Waals surface area contributed by atoms with E-state index < -0.39 is 0 Å². The van der Waals surface area contributed by atoms with Gasteiger partial charge in [-0.1, -0.05) is 39.0 Å². The zero-order valence-corrected chi connectivity index (χ0v) is 18.1. The number of nitrogens with one attached hydrogen (secondary N) is 3. The maximum Gasteiger partial charge on any atom is 0.220 e. The van der Waals surface area contributed by atoms with Gasteiger partial charge in [0.15, 0.2) is 5.82 Å². The van der Waals surface area contributed by atoms with Crippen LogP contribution in [0, 0.1) is 5.41 Å². The largest absolute Gasteiger partial charge is 0.371 e. The quantitative estimate of drug-likeness (QED) is 0.465. The van der Waals surface area contributed by atoms with Crippen LogP contribution in [0.5, 0.6) is 0 Å². The maximum atomic E-state index is 12.2. The predicted molar refractivity (Wildman–Crippen MR) is 121 cm³/mol. The third-order valence-electron chi connectivity index (χ3n) is 5.09. The van der Waals surface area contributed by atoms with Crippen LogP contribution in [0.2, 0.25) is 0 Å². The zero-order valence-electron chi connectivity index (χ0n) is 18.1. The van der Waals surface area contributed by atoms with Gasteiger partial charge in [0, 0.05) is 38.1 Å². The molecule has 0 aliphatic carbocycles. The van der Waals surface area contributed by atoms with Gasteiger partial charge in [0.05, 0.1) is 11.8 Å². The summed E-state index contributed by atoms with van der Waals surface area (Å²) in [4.78, 5) is 24.8. The summed E-state index contributed by atoms with van der Waals surface area (Å²) in [6, 6.07) is 10.3. The average molecular weight is 405 g/mol. The number of carbonyl (C=O) groups excluding carboxylic acids is 1. The molecule has 1 aromatic carbocycles. The van der Waals surface area contributed by atoms with E-state index in [-0.39, 0.29) is 11.3 Å². The second kappa shape index (κ2) is 7.48. The molecule has 0 bridgehead atoms. The molecule has 0 saturated heterocycles. The highest BCUT2D eigenvalue weighted by molar-refractivity contribution is 6.07. The fourth-order valence-corrected chi connectivity index (χ4v) is 3.72. The topological polar surface area (TPSA) is 87.6 Å². The molecule has 0 atom stereocenters. The number of aromatic amines is 1. The number of H-pyrrole nitrogens is 1. The summed E-state index contributed by atoms with van der Waals surface area (Å²) in [5.74, 6) is 0.822. The van der Waals surface area contributed by atoms with Crippen LogP contribution in [-0.4, -0.2) is 32.5 Å². The first-order valence-electron chi connectivity index (χ1n) is 10.1. The number of hydrogen-bond acceptors (Lipinski definition) is 4. The van der Waals surface area contributed by atoms with E-state index in [1.165, 1.54) is 0 Å². The smallest absolute Gasteiger partial charge is 0.220 e. The lowest BCUT2D eigenvalue weighted by Gasteiger charge is -2.17. The van der Waals surface area contributed by atoms with Gasteiger partial charge in [0.1, 0.15) is 11.2 Å². The summed E-state index contributed by atoms with van der Waals surface area (Å²) in [6.45, 7) is 6.71. The number of hydrogen-bond donors (Lipinski definition) is 3. The van der Waals surface area contributed by atoms with Crippen LogP contribution in [0.15, 0.2) is 36.7 Å². The molecule has 3 N–H and O–H groups in total. The summed E-state index contributed by atoms with van der Waals surface area (Å²) >= 11 is 0. The van der Waals surface area contributed by atoms with Crippen LogP contribution in [-0.2, 0) is 18.4 Å². The molecule has 7 nitrogen and oxygen atoms in total. The van der Waals surface area contributed by atoms with Gasteiger partial charge in [-0.15, -0.1) is 0 Å². The third-order valence-corrected chi connectivity index (χ3v) is 5.09. The van der Waals surface area contributed by atoms with Crippen molar-refractivity contribution in [2.24, 2.45) is 12.5 Å². The minimum atomic E-state index is -0.0212. The van der Waals surface area contributed by atoms with E-state index in [1.54, 1.807) is 6.33 Å². The maximum absolute atomic E-state index is 12.2. The van der Waals surface area contributed by atoms with Gasteiger partial charge in [0.2, 0.25) is 5.91 Å². The molecule has 1 amide bonds. The van der Waals surface area contributed by atoms with Crippen molar-refractivity contribution in [1.29, 1.82) is 0 Å². The van der Waals surface area contributed by atoms with Gasteiger partial charge in [0.25, 0.3) is 0 Å². The van der Waals surface area contributed by atoms with Crippen LogP contribution < -0.4 is 10.6 Å². The normalized spacial score (nSPS) is 11.9. The Labute approximate surface area is 175 Å². The van der Waals surface area contributed by atoms with Crippen LogP contribution in [0.3, 0.4) is 0 Å². The van der Waals surface area contributed by atoms with Crippen LogP contribution in [0.1, 0.15) is 32.8 Å². The lowest BCUT2D eigenvalue weighted by Crippen LogP contribution is -2.27. The molecule has 0 aliphatic heterocycles. The Bertz CT molecular complexity index is 1230. The molecule has 0 radical (unpaired) electrons. The Morgan fingerprint density at radius 2 is 2.03 bits per heavy atom. The highest BCUT2D eigenvalue weighted by Crippen LogP contribution is 2.31. The first-order chi connectivity index (χ1) is 14.2. The first-order valence-corrected chi connectivity index (χ1v) is 10.1.